The van der Waals surface area contributed by atoms with E-state index in [0.29, 0.717) is 66.1 Å². The van der Waals surface area contributed by atoms with E-state index in [1.54, 1.807) is 22.7 Å². The van der Waals surface area contributed by atoms with Gasteiger partial charge in [0.25, 0.3) is 0 Å². The summed E-state index contributed by atoms with van der Waals surface area (Å²) < 4.78 is 27.9. The van der Waals surface area contributed by atoms with E-state index >= 15 is 0 Å². The molecular weight excluding hydrogens is 508 g/mol. The molecule has 0 aliphatic heterocycles. The summed E-state index contributed by atoms with van der Waals surface area (Å²) in [6.45, 7) is 5.19. The number of thiazole rings is 2. The lowest BCUT2D eigenvalue weighted by atomic mass is 10.2. The van der Waals surface area contributed by atoms with Crippen molar-refractivity contribution in [2.45, 2.75) is 13.2 Å². The first kappa shape index (κ1) is 27.5. The Kier molecular flexibility index (Phi) is 12.2. The van der Waals surface area contributed by atoms with Crippen molar-refractivity contribution < 1.29 is 23.7 Å². The van der Waals surface area contributed by atoms with Crippen LogP contribution >= 0.6 is 22.7 Å². The third-order valence-electron chi connectivity index (χ3n) is 5.13. The zero-order chi connectivity index (χ0) is 25.4. The Morgan fingerprint density at radius 3 is 1.19 bits per heavy atom. The minimum atomic E-state index is 0.489. The minimum absolute atomic E-state index is 0.489. The van der Waals surface area contributed by atoms with Crippen LogP contribution in [0.5, 0.6) is 0 Å². The Labute approximate surface area is 226 Å². The zero-order valence-electron chi connectivity index (χ0n) is 20.8. The molecule has 2 heterocycles. The molecule has 0 saturated heterocycles. The average molecular weight is 541 g/mol. The maximum Gasteiger partial charge on any atom is 0.123 e. The van der Waals surface area contributed by atoms with Crippen molar-refractivity contribution in [2.75, 3.05) is 52.9 Å². The first-order valence-corrected chi connectivity index (χ1v) is 14.0. The first-order valence-electron chi connectivity index (χ1n) is 12.3. The molecular formula is C28H32N2O5S2. The molecule has 2 aromatic heterocycles. The molecule has 0 bridgehead atoms. The number of rotatable bonds is 18. The van der Waals surface area contributed by atoms with E-state index in [2.05, 4.69) is 34.2 Å². The highest BCUT2D eigenvalue weighted by Gasteiger charge is 2.05. The fourth-order valence-corrected chi connectivity index (χ4v) is 4.93. The topological polar surface area (TPSA) is 71.9 Å². The highest BCUT2D eigenvalue weighted by atomic mass is 32.1. The smallest absolute Gasteiger partial charge is 0.123 e. The molecule has 0 fully saturated rings. The number of nitrogens with zero attached hydrogens (tertiary/aromatic N) is 2. The number of aromatic nitrogens is 2. The zero-order valence-corrected chi connectivity index (χ0v) is 22.4. The summed E-state index contributed by atoms with van der Waals surface area (Å²) in [5, 5.41) is 6.09. The standard InChI is InChI=1S/C28H32N2O5S2/c1-3-7-23(8-4-1)27-29-25(21-36-27)19-34-17-15-32-13-11-31-12-14-33-16-18-35-20-26-22-37-28(30-26)24-9-5-2-6-10-24/h1-10,21-22H,11-20H2. The molecule has 37 heavy (non-hydrogen) atoms. The predicted molar refractivity (Wildman–Crippen MR) is 147 cm³/mol. The third-order valence-corrected chi connectivity index (χ3v) is 7.01. The summed E-state index contributed by atoms with van der Waals surface area (Å²) in [6.07, 6.45) is 0. The van der Waals surface area contributed by atoms with Gasteiger partial charge in [-0.3, -0.25) is 0 Å². The minimum Gasteiger partial charge on any atom is -0.377 e. The van der Waals surface area contributed by atoms with Crippen LogP contribution in [0, 0.1) is 0 Å². The molecule has 0 radical (unpaired) electrons. The van der Waals surface area contributed by atoms with Gasteiger partial charge in [-0.1, -0.05) is 60.7 Å². The SMILES string of the molecule is c1ccc(-c2nc(COCCOCCOCCOCCOCc3csc(-c4ccccc4)n3)cs2)cc1. The van der Waals surface area contributed by atoms with Crippen molar-refractivity contribution in [1.29, 1.82) is 0 Å². The highest BCUT2D eigenvalue weighted by molar-refractivity contribution is 7.13. The van der Waals surface area contributed by atoms with Gasteiger partial charge >= 0.3 is 0 Å². The first-order chi connectivity index (χ1) is 18.4. The van der Waals surface area contributed by atoms with Crippen molar-refractivity contribution in [3.8, 4) is 21.1 Å². The lowest BCUT2D eigenvalue weighted by molar-refractivity contribution is -0.0141. The van der Waals surface area contributed by atoms with Gasteiger partial charge in [-0.2, -0.15) is 0 Å². The second-order valence-electron chi connectivity index (χ2n) is 7.96. The summed E-state index contributed by atoms with van der Waals surface area (Å²) in [4.78, 5) is 9.23. The van der Waals surface area contributed by atoms with Crippen molar-refractivity contribution in [2.24, 2.45) is 0 Å². The fourth-order valence-electron chi connectivity index (χ4n) is 3.30. The van der Waals surface area contributed by atoms with Gasteiger partial charge in [0.2, 0.25) is 0 Å². The van der Waals surface area contributed by atoms with Gasteiger partial charge < -0.3 is 23.7 Å². The summed E-state index contributed by atoms with van der Waals surface area (Å²) in [5.41, 5.74) is 4.14. The Bertz CT molecular complexity index is 1050. The second kappa shape index (κ2) is 16.4. The lowest BCUT2D eigenvalue weighted by Gasteiger charge is -2.07. The van der Waals surface area contributed by atoms with E-state index in [9.17, 15) is 0 Å². The average Bonchev–Trinajstić information content (AvgIpc) is 3.62. The van der Waals surface area contributed by atoms with E-state index in [-0.39, 0.29) is 0 Å². The van der Waals surface area contributed by atoms with Gasteiger partial charge in [-0.05, 0) is 0 Å². The van der Waals surface area contributed by atoms with E-state index in [1.165, 1.54) is 0 Å². The summed E-state index contributed by atoms with van der Waals surface area (Å²) in [5.74, 6) is 0. The molecule has 4 aromatic rings. The van der Waals surface area contributed by atoms with Gasteiger partial charge in [0, 0.05) is 21.9 Å². The van der Waals surface area contributed by atoms with Gasteiger partial charge in [0.1, 0.15) is 10.0 Å². The molecule has 9 heteroatoms. The van der Waals surface area contributed by atoms with Crippen LogP contribution < -0.4 is 0 Å². The molecule has 7 nitrogen and oxygen atoms in total. The molecule has 0 aliphatic carbocycles. The summed E-state index contributed by atoms with van der Waals surface area (Å²) in [7, 11) is 0. The summed E-state index contributed by atoms with van der Waals surface area (Å²) in [6, 6.07) is 20.3. The van der Waals surface area contributed by atoms with Crippen molar-refractivity contribution in [3.05, 3.63) is 82.8 Å². The lowest BCUT2D eigenvalue weighted by Crippen LogP contribution is -2.13. The van der Waals surface area contributed by atoms with E-state index < -0.39 is 0 Å². The Balaban J connectivity index is 0.915. The monoisotopic (exact) mass is 540 g/mol. The van der Waals surface area contributed by atoms with Crippen LogP contribution in [-0.4, -0.2) is 62.8 Å². The molecule has 0 amide bonds. The number of hydrogen-bond acceptors (Lipinski definition) is 9. The molecule has 0 saturated carbocycles. The van der Waals surface area contributed by atoms with Crippen LogP contribution in [0.3, 0.4) is 0 Å². The number of hydrogen-bond donors (Lipinski definition) is 0. The molecule has 4 rings (SSSR count). The predicted octanol–water partition coefficient (Wildman–Crippen LogP) is 5.72. The van der Waals surface area contributed by atoms with Crippen molar-refractivity contribution >= 4 is 22.7 Å². The summed E-state index contributed by atoms with van der Waals surface area (Å²) >= 11 is 3.26. The van der Waals surface area contributed by atoms with Crippen LogP contribution in [0.25, 0.3) is 21.1 Å². The third kappa shape index (κ3) is 10.1. The molecule has 2 aromatic carbocycles. The van der Waals surface area contributed by atoms with E-state index in [4.69, 9.17) is 23.7 Å². The highest BCUT2D eigenvalue weighted by Crippen LogP contribution is 2.24. The van der Waals surface area contributed by atoms with Crippen LogP contribution in [0.15, 0.2) is 71.4 Å². The molecule has 0 spiro atoms. The van der Waals surface area contributed by atoms with Gasteiger partial charge in [0.05, 0.1) is 77.5 Å². The van der Waals surface area contributed by atoms with Crippen molar-refractivity contribution in [1.82, 2.24) is 9.97 Å². The van der Waals surface area contributed by atoms with Crippen LogP contribution in [0.4, 0.5) is 0 Å². The van der Waals surface area contributed by atoms with Gasteiger partial charge in [0.15, 0.2) is 0 Å². The van der Waals surface area contributed by atoms with Crippen LogP contribution in [0.2, 0.25) is 0 Å². The quantitative estimate of drug-likeness (QED) is 0.150. The molecule has 0 unspecified atom stereocenters. The maximum absolute atomic E-state index is 5.65. The number of benzene rings is 2. The molecule has 0 atom stereocenters. The maximum atomic E-state index is 5.65. The van der Waals surface area contributed by atoms with Crippen LogP contribution in [-0.2, 0) is 36.9 Å². The van der Waals surface area contributed by atoms with E-state index in [0.717, 1.165) is 32.5 Å². The Morgan fingerprint density at radius 1 is 0.459 bits per heavy atom. The Morgan fingerprint density at radius 2 is 0.811 bits per heavy atom. The van der Waals surface area contributed by atoms with Crippen molar-refractivity contribution in [3.63, 3.8) is 0 Å². The van der Waals surface area contributed by atoms with Gasteiger partial charge in [-0.15, -0.1) is 22.7 Å². The largest absolute Gasteiger partial charge is 0.377 e. The molecule has 196 valence electrons. The van der Waals surface area contributed by atoms with E-state index in [1.807, 2.05) is 47.2 Å². The molecule has 0 aliphatic rings. The molecule has 0 N–H and O–H groups in total. The Hall–Kier alpha value is -2.50. The second-order valence-corrected chi connectivity index (χ2v) is 9.68. The van der Waals surface area contributed by atoms with Gasteiger partial charge in [-0.25, -0.2) is 9.97 Å². The van der Waals surface area contributed by atoms with Crippen LogP contribution in [0.1, 0.15) is 11.4 Å². The number of ether oxygens (including phenoxy) is 5. The fraction of sp³-hybridized carbons (Fsp3) is 0.357. The normalized spacial score (nSPS) is 11.2.